The van der Waals surface area contributed by atoms with Crippen LogP contribution < -0.4 is 15.4 Å². The molecule has 0 saturated heterocycles. The van der Waals surface area contributed by atoms with Gasteiger partial charge in [-0.05, 0) is 30.4 Å². The fourth-order valence-electron chi connectivity index (χ4n) is 4.70. The van der Waals surface area contributed by atoms with Gasteiger partial charge in [0, 0.05) is 5.56 Å². The normalized spacial score (nSPS) is 21.6. The Balaban J connectivity index is 1.38. The van der Waals surface area contributed by atoms with Crippen LogP contribution >= 0.6 is 0 Å². The number of hydrogen-bond donors (Lipinski definition) is 5. The monoisotopic (exact) mass is 494 g/mol. The Morgan fingerprint density at radius 3 is 2.50 bits per heavy atom. The van der Waals surface area contributed by atoms with Crippen LogP contribution in [0.15, 0.2) is 60.7 Å². The van der Waals surface area contributed by atoms with Crippen molar-refractivity contribution in [2.45, 2.75) is 57.0 Å². The summed E-state index contributed by atoms with van der Waals surface area (Å²) in [4.78, 5) is 25.8. The lowest BCUT2D eigenvalue weighted by atomic mass is 9.94. The molecule has 1 saturated carbocycles. The van der Waals surface area contributed by atoms with E-state index in [0.29, 0.717) is 17.4 Å². The second-order valence-electron chi connectivity index (χ2n) is 9.60. The molecule has 0 bridgehead atoms. The average molecular weight is 495 g/mol. The SMILES string of the molecule is C[C@@H](C(=O)NC1COc2cccc(-c3ccccc3)c2NC1=O)[C@H](O)[C@@H](O)[C@H](O)/C=C/C1CCCC1. The van der Waals surface area contributed by atoms with Crippen LogP contribution in [0.25, 0.3) is 11.1 Å². The van der Waals surface area contributed by atoms with Gasteiger partial charge in [-0.1, -0.05) is 74.4 Å². The van der Waals surface area contributed by atoms with Crippen LogP contribution in [-0.2, 0) is 9.59 Å². The third-order valence-electron chi connectivity index (χ3n) is 7.00. The van der Waals surface area contributed by atoms with Crippen molar-refractivity contribution >= 4 is 17.5 Å². The third-order valence-corrected chi connectivity index (χ3v) is 7.00. The van der Waals surface area contributed by atoms with Crippen LogP contribution in [0, 0.1) is 11.8 Å². The van der Waals surface area contributed by atoms with Crippen LogP contribution in [0.1, 0.15) is 32.6 Å². The van der Waals surface area contributed by atoms with Gasteiger partial charge in [0.2, 0.25) is 5.91 Å². The number of benzene rings is 2. The van der Waals surface area contributed by atoms with Gasteiger partial charge in [-0.15, -0.1) is 0 Å². The van der Waals surface area contributed by atoms with Crippen molar-refractivity contribution in [3.8, 4) is 16.9 Å². The van der Waals surface area contributed by atoms with Crippen molar-refractivity contribution < 1.29 is 29.6 Å². The zero-order valence-electron chi connectivity index (χ0n) is 20.3. The molecule has 0 aromatic heterocycles. The first kappa shape index (κ1) is 25.9. The molecular formula is C28H34N2O6. The van der Waals surface area contributed by atoms with Crippen molar-refractivity contribution in [1.82, 2.24) is 5.32 Å². The molecule has 1 fully saturated rings. The molecule has 0 radical (unpaired) electrons. The lowest BCUT2D eigenvalue weighted by molar-refractivity contribution is -0.136. The molecule has 8 nitrogen and oxygen atoms in total. The maximum Gasteiger partial charge on any atom is 0.250 e. The van der Waals surface area contributed by atoms with E-state index < -0.39 is 42.1 Å². The molecule has 1 aliphatic carbocycles. The molecule has 2 amide bonds. The molecule has 0 spiro atoms. The highest BCUT2D eigenvalue weighted by Gasteiger charge is 2.35. The van der Waals surface area contributed by atoms with Gasteiger partial charge in [-0.2, -0.15) is 0 Å². The van der Waals surface area contributed by atoms with Gasteiger partial charge < -0.3 is 30.7 Å². The molecule has 2 aromatic carbocycles. The molecule has 1 heterocycles. The van der Waals surface area contributed by atoms with Crippen LogP contribution in [0.4, 0.5) is 5.69 Å². The van der Waals surface area contributed by atoms with Crippen LogP contribution in [-0.4, -0.2) is 58.1 Å². The number of carbonyl (C=O) groups is 2. The Kier molecular flexibility index (Phi) is 8.40. The number of aliphatic hydroxyl groups excluding tert-OH is 3. The fraction of sp³-hybridized carbons (Fsp3) is 0.429. The highest BCUT2D eigenvalue weighted by atomic mass is 16.5. The third kappa shape index (κ3) is 5.95. The van der Waals surface area contributed by atoms with E-state index in [1.54, 1.807) is 6.07 Å². The summed E-state index contributed by atoms with van der Waals surface area (Å²) in [6.45, 7) is 1.34. The molecule has 5 N–H and O–H groups in total. The van der Waals surface area contributed by atoms with Crippen LogP contribution in [0.2, 0.25) is 0 Å². The molecule has 2 aromatic rings. The summed E-state index contributed by atoms with van der Waals surface area (Å²) >= 11 is 0. The maximum absolute atomic E-state index is 13.0. The maximum atomic E-state index is 13.0. The summed E-state index contributed by atoms with van der Waals surface area (Å²) in [5.41, 5.74) is 2.22. The second kappa shape index (κ2) is 11.7. The summed E-state index contributed by atoms with van der Waals surface area (Å²) in [6, 6.07) is 14.0. The van der Waals surface area contributed by atoms with E-state index in [9.17, 15) is 24.9 Å². The number of hydrogen-bond acceptors (Lipinski definition) is 6. The van der Waals surface area contributed by atoms with E-state index in [2.05, 4.69) is 10.6 Å². The Labute approximate surface area is 211 Å². The molecule has 1 unspecified atom stereocenters. The summed E-state index contributed by atoms with van der Waals surface area (Å²) in [5.74, 6) is -1.31. The van der Waals surface area contributed by atoms with Gasteiger partial charge >= 0.3 is 0 Å². The van der Waals surface area contributed by atoms with E-state index in [4.69, 9.17) is 4.74 Å². The van der Waals surface area contributed by atoms with Crippen molar-refractivity contribution in [1.29, 1.82) is 0 Å². The highest BCUT2D eigenvalue weighted by molar-refractivity contribution is 6.02. The number of ether oxygens (including phenoxy) is 1. The standard InChI is InChI=1S/C28H34N2O6/c1-17(25(32)26(33)22(31)15-14-18-8-5-6-9-18)27(34)29-21-16-36-23-13-7-12-20(24(23)30-28(21)35)19-10-3-2-4-11-19/h2-4,7,10-15,17-18,21-22,25-26,31-33H,5-6,8-9,16H2,1H3,(H,29,34)(H,30,35)/b15-14+/t17-,21?,22-,25+,26+/m1/s1. The molecule has 192 valence electrons. The van der Waals surface area contributed by atoms with Gasteiger partial charge in [0.15, 0.2) is 0 Å². The smallest absolute Gasteiger partial charge is 0.250 e. The Hall–Kier alpha value is -3.20. The summed E-state index contributed by atoms with van der Waals surface area (Å²) < 4.78 is 5.84. The molecule has 4 rings (SSSR count). The first-order valence-corrected chi connectivity index (χ1v) is 12.5. The Morgan fingerprint density at radius 1 is 1.06 bits per heavy atom. The Bertz CT molecular complexity index is 1080. The van der Waals surface area contributed by atoms with Crippen molar-refractivity contribution in [3.63, 3.8) is 0 Å². The number of nitrogens with one attached hydrogen (secondary N) is 2. The number of allylic oxidation sites excluding steroid dienone is 1. The minimum Gasteiger partial charge on any atom is -0.489 e. The number of carbonyl (C=O) groups excluding carboxylic acids is 2. The minimum atomic E-state index is -1.54. The summed E-state index contributed by atoms with van der Waals surface area (Å²) in [6.07, 6.45) is 3.37. The zero-order valence-corrected chi connectivity index (χ0v) is 20.3. The topological polar surface area (TPSA) is 128 Å². The zero-order chi connectivity index (χ0) is 25.7. The van der Waals surface area contributed by atoms with E-state index in [1.165, 1.54) is 13.0 Å². The average Bonchev–Trinajstić information content (AvgIpc) is 3.37. The number of amides is 2. The number of anilines is 1. The van der Waals surface area contributed by atoms with Crippen molar-refractivity contribution in [2.24, 2.45) is 11.8 Å². The molecule has 5 atom stereocenters. The van der Waals surface area contributed by atoms with Crippen LogP contribution in [0.5, 0.6) is 5.75 Å². The first-order valence-electron chi connectivity index (χ1n) is 12.5. The number of aliphatic hydroxyl groups is 3. The summed E-state index contributed by atoms with van der Waals surface area (Å²) in [7, 11) is 0. The number of para-hydroxylation sites is 1. The van der Waals surface area contributed by atoms with Gasteiger partial charge in [-0.25, -0.2) is 0 Å². The predicted octanol–water partition coefficient (Wildman–Crippen LogP) is 2.63. The molecule has 2 aliphatic rings. The number of rotatable bonds is 8. The van der Waals surface area contributed by atoms with Gasteiger partial charge in [0.1, 0.15) is 30.6 Å². The van der Waals surface area contributed by atoms with E-state index in [0.717, 1.165) is 36.8 Å². The lowest BCUT2D eigenvalue weighted by Gasteiger charge is -2.26. The lowest BCUT2D eigenvalue weighted by Crippen LogP contribution is -2.52. The van der Waals surface area contributed by atoms with Crippen molar-refractivity contribution in [2.75, 3.05) is 11.9 Å². The second-order valence-corrected chi connectivity index (χ2v) is 9.60. The fourth-order valence-corrected chi connectivity index (χ4v) is 4.70. The molecule has 1 aliphatic heterocycles. The van der Waals surface area contributed by atoms with E-state index in [-0.39, 0.29) is 6.61 Å². The number of fused-ring (bicyclic) bond motifs is 1. The minimum absolute atomic E-state index is 0.0963. The first-order chi connectivity index (χ1) is 17.3. The van der Waals surface area contributed by atoms with Gasteiger partial charge in [0.05, 0.1) is 17.7 Å². The Morgan fingerprint density at radius 2 is 1.78 bits per heavy atom. The van der Waals surface area contributed by atoms with E-state index >= 15 is 0 Å². The van der Waals surface area contributed by atoms with Crippen molar-refractivity contribution in [3.05, 3.63) is 60.7 Å². The van der Waals surface area contributed by atoms with E-state index in [1.807, 2.05) is 48.5 Å². The molecule has 36 heavy (non-hydrogen) atoms. The molecule has 8 heteroatoms. The highest BCUT2D eigenvalue weighted by Crippen LogP contribution is 2.37. The quantitative estimate of drug-likeness (QED) is 0.359. The van der Waals surface area contributed by atoms with Gasteiger partial charge in [-0.3, -0.25) is 9.59 Å². The predicted molar refractivity (Wildman–Crippen MR) is 136 cm³/mol. The van der Waals surface area contributed by atoms with Gasteiger partial charge in [0.25, 0.3) is 5.91 Å². The largest absolute Gasteiger partial charge is 0.489 e. The molecular weight excluding hydrogens is 460 g/mol. The summed E-state index contributed by atoms with van der Waals surface area (Å²) in [5, 5.41) is 36.7. The van der Waals surface area contributed by atoms with Crippen LogP contribution in [0.3, 0.4) is 0 Å².